The van der Waals surface area contributed by atoms with Crippen LogP contribution in [-0.4, -0.2) is 46.6 Å². The Kier molecular flexibility index (Phi) is 7.17. The zero-order valence-corrected chi connectivity index (χ0v) is 16.9. The van der Waals surface area contributed by atoms with Crippen molar-refractivity contribution in [3.8, 4) is 5.88 Å². The number of ketones is 1. The third-order valence-corrected chi connectivity index (χ3v) is 4.20. The normalized spacial score (nSPS) is 11.2. The van der Waals surface area contributed by atoms with E-state index in [4.69, 9.17) is 4.74 Å². The monoisotopic (exact) mass is 365 g/mol. The predicted octanol–water partition coefficient (Wildman–Crippen LogP) is 3.67. The van der Waals surface area contributed by atoms with Gasteiger partial charge in [-0.15, -0.1) is 0 Å². The van der Waals surface area contributed by atoms with E-state index in [2.05, 4.69) is 16.5 Å². The van der Waals surface area contributed by atoms with Crippen LogP contribution in [0.1, 0.15) is 39.0 Å². The van der Waals surface area contributed by atoms with E-state index >= 15 is 0 Å². The lowest BCUT2D eigenvalue weighted by Crippen LogP contribution is -2.26. The van der Waals surface area contributed by atoms with Crippen LogP contribution >= 0.6 is 11.8 Å². The molecule has 1 aromatic rings. The standard InChI is InChI=1S/C18H27N3O3S/c1-11(2)9-13-12(3)19-16(25-10-14(22)18(4,5)6)20-15(13)24-17(23)21(7)8/h1,9-10H2,2-8H3. The van der Waals surface area contributed by atoms with Crippen molar-refractivity contribution in [2.75, 3.05) is 19.8 Å². The van der Waals surface area contributed by atoms with Crippen molar-refractivity contribution in [2.24, 2.45) is 5.41 Å². The van der Waals surface area contributed by atoms with Gasteiger partial charge >= 0.3 is 6.09 Å². The lowest BCUT2D eigenvalue weighted by molar-refractivity contribution is -0.123. The van der Waals surface area contributed by atoms with Crippen molar-refractivity contribution >= 4 is 23.6 Å². The highest BCUT2D eigenvalue weighted by Gasteiger charge is 2.23. The molecule has 7 heteroatoms. The summed E-state index contributed by atoms with van der Waals surface area (Å²) < 4.78 is 5.40. The molecule has 0 aliphatic carbocycles. The van der Waals surface area contributed by atoms with Gasteiger partial charge in [-0.25, -0.2) is 9.78 Å². The number of thioether (sulfide) groups is 1. The van der Waals surface area contributed by atoms with Gasteiger partial charge in [-0.05, 0) is 20.3 Å². The maximum atomic E-state index is 12.1. The molecule has 1 heterocycles. The van der Waals surface area contributed by atoms with E-state index in [1.165, 1.54) is 16.7 Å². The fourth-order valence-electron chi connectivity index (χ4n) is 1.72. The Bertz CT molecular complexity index is 679. The van der Waals surface area contributed by atoms with Crippen LogP contribution in [-0.2, 0) is 11.2 Å². The minimum absolute atomic E-state index is 0.108. The summed E-state index contributed by atoms with van der Waals surface area (Å²) in [6.45, 7) is 13.3. The van der Waals surface area contributed by atoms with Gasteiger partial charge in [-0.3, -0.25) is 4.79 Å². The Morgan fingerprint density at radius 2 is 1.84 bits per heavy atom. The molecule has 1 aromatic heterocycles. The van der Waals surface area contributed by atoms with Crippen LogP contribution in [0.5, 0.6) is 5.88 Å². The summed E-state index contributed by atoms with van der Waals surface area (Å²) in [5, 5.41) is 0.419. The Balaban J connectivity index is 3.12. The Hall–Kier alpha value is -1.89. The summed E-state index contributed by atoms with van der Waals surface area (Å²) >= 11 is 1.25. The van der Waals surface area contributed by atoms with E-state index in [0.717, 1.165) is 11.1 Å². The van der Waals surface area contributed by atoms with E-state index in [0.29, 0.717) is 17.3 Å². The molecule has 0 atom stereocenters. The molecule has 0 unspecified atom stereocenters. The van der Waals surface area contributed by atoms with Gasteiger partial charge in [0.1, 0.15) is 5.78 Å². The summed E-state index contributed by atoms with van der Waals surface area (Å²) in [7, 11) is 3.21. The van der Waals surface area contributed by atoms with Crippen molar-refractivity contribution in [1.29, 1.82) is 0 Å². The zero-order chi connectivity index (χ0) is 19.4. The number of carbonyl (C=O) groups is 2. The van der Waals surface area contributed by atoms with Crippen molar-refractivity contribution in [2.45, 2.75) is 46.2 Å². The molecule has 0 aliphatic heterocycles. The molecule has 1 rings (SSSR count). The predicted molar refractivity (Wildman–Crippen MR) is 100 cm³/mol. The summed E-state index contributed by atoms with van der Waals surface area (Å²) in [6, 6.07) is 0. The number of Topliss-reactive ketones (excluding diaryl/α,β-unsaturated/α-hetero) is 1. The number of allylic oxidation sites excluding steroid dienone is 1. The average Bonchev–Trinajstić information content (AvgIpc) is 2.46. The van der Waals surface area contributed by atoms with E-state index in [-0.39, 0.29) is 17.4 Å². The number of aryl methyl sites for hydroxylation is 1. The summed E-state index contributed by atoms with van der Waals surface area (Å²) in [4.78, 5) is 34.2. The number of amides is 1. The van der Waals surface area contributed by atoms with Crippen LogP contribution in [0.2, 0.25) is 0 Å². The van der Waals surface area contributed by atoms with Gasteiger partial charge in [0, 0.05) is 30.8 Å². The second-order valence-corrected chi connectivity index (χ2v) is 8.18. The first-order valence-electron chi connectivity index (χ1n) is 7.99. The van der Waals surface area contributed by atoms with E-state index < -0.39 is 11.5 Å². The smallest absolute Gasteiger partial charge is 0.391 e. The summed E-state index contributed by atoms with van der Waals surface area (Å²) in [5.74, 6) is 0.598. The summed E-state index contributed by atoms with van der Waals surface area (Å²) in [5.41, 5.74) is 1.94. The van der Waals surface area contributed by atoms with Gasteiger partial charge in [-0.2, -0.15) is 4.98 Å². The van der Waals surface area contributed by atoms with Crippen LogP contribution in [0.4, 0.5) is 4.79 Å². The van der Waals surface area contributed by atoms with Crippen molar-refractivity contribution < 1.29 is 14.3 Å². The van der Waals surface area contributed by atoms with Gasteiger partial charge in [0.25, 0.3) is 0 Å². The number of hydrogen-bond donors (Lipinski definition) is 0. The van der Waals surface area contributed by atoms with Gasteiger partial charge in [0.15, 0.2) is 5.16 Å². The fraction of sp³-hybridized carbons (Fsp3) is 0.556. The van der Waals surface area contributed by atoms with Crippen molar-refractivity contribution in [3.63, 3.8) is 0 Å². The number of carbonyl (C=O) groups excluding carboxylic acids is 2. The van der Waals surface area contributed by atoms with Crippen molar-refractivity contribution in [1.82, 2.24) is 14.9 Å². The molecule has 138 valence electrons. The first kappa shape index (κ1) is 21.2. The van der Waals surface area contributed by atoms with Gasteiger partial charge in [0.05, 0.1) is 5.75 Å². The molecular weight excluding hydrogens is 338 g/mol. The van der Waals surface area contributed by atoms with Crippen LogP contribution in [0.15, 0.2) is 17.3 Å². The molecule has 0 spiro atoms. The SMILES string of the molecule is C=C(C)Cc1c(C)nc(SCC(=O)C(C)(C)C)nc1OC(=O)N(C)C. The molecule has 0 bridgehead atoms. The topological polar surface area (TPSA) is 72.4 Å². The lowest BCUT2D eigenvalue weighted by Gasteiger charge is -2.17. The molecule has 0 aromatic carbocycles. The van der Waals surface area contributed by atoms with Crippen LogP contribution in [0.25, 0.3) is 0 Å². The maximum Gasteiger partial charge on any atom is 0.416 e. The first-order chi connectivity index (χ1) is 11.4. The molecule has 6 nitrogen and oxygen atoms in total. The maximum absolute atomic E-state index is 12.1. The third-order valence-electron chi connectivity index (χ3n) is 3.35. The van der Waals surface area contributed by atoms with E-state index in [9.17, 15) is 9.59 Å². The Morgan fingerprint density at radius 3 is 2.32 bits per heavy atom. The molecular formula is C18H27N3O3S. The van der Waals surface area contributed by atoms with Crippen LogP contribution in [0.3, 0.4) is 0 Å². The van der Waals surface area contributed by atoms with Crippen LogP contribution < -0.4 is 4.74 Å². The minimum Gasteiger partial charge on any atom is -0.391 e. The molecule has 0 radical (unpaired) electrons. The summed E-state index contributed by atoms with van der Waals surface area (Å²) in [6.07, 6.45) is 0.0103. The second-order valence-electron chi connectivity index (χ2n) is 7.23. The number of hydrogen-bond acceptors (Lipinski definition) is 6. The van der Waals surface area contributed by atoms with Gasteiger partial charge in [0.2, 0.25) is 5.88 Å². The largest absolute Gasteiger partial charge is 0.416 e. The number of rotatable bonds is 6. The number of ether oxygens (including phenoxy) is 1. The third kappa shape index (κ3) is 6.49. The number of nitrogens with zero attached hydrogens (tertiary/aromatic N) is 3. The Morgan fingerprint density at radius 1 is 1.24 bits per heavy atom. The first-order valence-corrected chi connectivity index (χ1v) is 8.97. The quantitative estimate of drug-likeness (QED) is 0.435. The lowest BCUT2D eigenvalue weighted by atomic mass is 9.92. The minimum atomic E-state index is -0.511. The fourth-order valence-corrected chi connectivity index (χ4v) is 2.76. The average molecular weight is 365 g/mol. The van der Waals surface area contributed by atoms with E-state index in [1.54, 1.807) is 14.1 Å². The van der Waals surface area contributed by atoms with Gasteiger partial charge < -0.3 is 9.64 Å². The zero-order valence-electron chi connectivity index (χ0n) is 16.1. The molecule has 0 saturated heterocycles. The molecule has 0 saturated carbocycles. The molecule has 25 heavy (non-hydrogen) atoms. The molecule has 0 aliphatic rings. The molecule has 1 amide bonds. The van der Waals surface area contributed by atoms with Crippen LogP contribution in [0, 0.1) is 12.3 Å². The highest BCUT2D eigenvalue weighted by Crippen LogP contribution is 2.27. The van der Waals surface area contributed by atoms with Gasteiger partial charge in [-0.1, -0.05) is 44.7 Å². The second kappa shape index (κ2) is 8.47. The highest BCUT2D eigenvalue weighted by atomic mass is 32.2. The highest BCUT2D eigenvalue weighted by molar-refractivity contribution is 7.99. The number of aromatic nitrogens is 2. The van der Waals surface area contributed by atoms with E-state index in [1.807, 2.05) is 34.6 Å². The molecule has 0 fully saturated rings. The van der Waals surface area contributed by atoms with Crippen molar-refractivity contribution in [3.05, 3.63) is 23.4 Å². The molecule has 0 N–H and O–H groups in total. The Labute approximate surface area is 154 Å².